The van der Waals surface area contributed by atoms with Crippen molar-refractivity contribution in [1.82, 2.24) is 24.4 Å². The number of carbonyl (C=O) groups is 1. The highest BCUT2D eigenvalue weighted by Gasteiger charge is 2.47. The topological polar surface area (TPSA) is 89.6 Å². The zero-order valence-electron chi connectivity index (χ0n) is 18.5. The Labute approximate surface area is 195 Å². The lowest BCUT2D eigenvalue weighted by molar-refractivity contribution is 0.0148. The molecule has 3 aromatic heterocycles. The highest BCUT2D eigenvalue weighted by molar-refractivity contribution is 5.90. The van der Waals surface area contributed by atoms with Gasteiger partial charge in [-0.05, 0) is 55.9 Å². The maximum Gasteiger partial charge on any atom is 0.415 e. The summed E-state index contributed by atoms with van der Waals surface area (Å²) in [5.41, 5.74) is 1.50. The summed E-state index contributed by atoms with van der Waals surface area (Å²) in [6.07, 6.45) is 8.46. The Morgan fingerprint density at radius 1 is 1.15 bits per heavy atom. The number of carbonyl (C=O) groups excluding carboxylic acids is 1. The second-order valence-corrected chi connectivity index (χ2v) is 9.04. The van der Waals surface area contributed by atoms with E-state index in [9.17, 15) is 9.18 Å². The largest absolute Gasteiger partial charge is 0.441 e. The Bertz CT molecular complexity index is 1340. The molecule has 9 nitrogen and oxygen atoms in total. The quantitative estimate of drug-likeness (QED) is 0.482. The molecule has 1 amide bonds. The van der Waals surface area contributed by atoms with Crippen molar-refractivity contribution in [2.24, 2.45) is 5.92 Å². The van der Waals surface area contributed by atoms with Crippen molar-refractivity contribution in [2.45, 2.75) is 31.3 Å². The predicted molar refractivity (Wildman–Crippen MR) is 124 cm³/mol. The molecule has 1 N–H and O–H groups in total. The van der Waals surface area contributed by atoms with E-state index in [0.29, 0.717) is 24.0 Å². The number of ether oxygens (including phenoxy) is 1. The SMILES string of the molecule is O=C1OC2(CCC(CNc3ccn(-c4ccccc4F)n3)CC2)CN1c1ccc2nncn2c1. The highest BCUT2D eigenvalue weighted by Crippen LogP contribution is 2.40. The van der Waals surface area contributed by atoms with Gasteiger partial charge in [0.15, 0.2) is 5.65 Å². The Hall–Kier alpha value is -3.95. The van der Waals surface area contributed by atoms with Crippen molar-refractivity contribution in [3.05, 3.63) is 67.0 Å². The Morgan fingerprint density at radius 2 is 2.00 bits per heavy atom. The summed E-state index contributed by atoms with van der Waals surface area (Å²) in [6, 6.07) is 12.1. The molecule has 1 saturated heterocycles. The molecule has 2 aliphatic rings. The first-order valence-corrected chi connectivity index (χ1v) is 11.4. The number of amides is 1. The van der Waals surface area contributed by atoms with Gasteiger partial charge in [-0.3, -0.25) is 9.30 Å². The monoisotopic (exact) mass is 461 g/mol. The summed E-state index contributed by atoms with van der Waals surface area (Å²) in [5.74, 6) is 0.855. The van der Waals surface area contributed by atoms with Crippen LogP contribution in [0, 0.1) is 11.7 Å². The number of nitrogens with one attached hydrogen (secondary N) is 1. The first-order valence-electron chi connectivity index (χ1n) is 11.4. The average molecular weight is 462 g/mol. The van der Waals surface area contributed by atoms with Crippen LogP contribution in [-0.2, 0) is 4.74 Å². The number of anilines is 2. The van der Waals surface area contributed by atoms with Gasteiger partial charge in [-0.25, -0.2) is 13.9 Å². The smallest absolute Gasteiger partial charge is 0.415 e. The van der Waals surface area contributed by atoms with E-state index < -0.39 is 5.60 Å². The zero-order valence-corrected chi connectivity index (χ0v) is 18.5. The van der Waals surface area contributed by atoms with Gasteiger partial charge in [0, 0.05) is 25.0 Å². The fourth-order valence-corrected chi connectivity index (χ4v) is 4.90. The van der Waals surface area contributed by atoms with Crippen LogP contribution in [0.3, 0.4) is 0 Å². The first-order chi connectivity index (χ1) is 16.6. The minimum atomic E-state index is -0.442. The van der Waals surface area contributed by atoms with E-state index in [0.717, 1.165) is 43.6 Å². The summed E-state index contributed by atoms with van der Waals surface area (Å²) < 4.78 is 23.2. The van der Waals surface area contributed by atoms with Gasteiger partial charge in [0.05, 0.1) is 12.2 Å². The number of fused-ring (bicyclic) bond motifs is 1. The standard InChI is InChI=1S/C24H24FN7O2/c25-19-3-1-2-4-20(19)32-12-9-21(29-32)26-13-17-7-10-24(11-8-17)15-31(23(33)34-24)18-5-6-22-28-27-16-30(22)14-18/h1-6,9,12,14,16-17H,7-8,10-11,13,15H2,(H,26,29). The van der Waals surface area contributed by atoms with E-state index >= 15 is 0 Å². The van der Waals surface area contributed by atoms with Crippen molar-refractivity contribution in [3.8, 4) is 5.69 Å². The molecule has 1 aromatic carbocycles. The molecule has 1 aliphatic heterocycles. The molecule has 1 aliphatic carbocycles. The third kappa shape index (κ3) is 3.74. The summed E-state index contributed by atoms with van der Waals surface area (Å²) in [7, 11) is 0. The molecule has 1 spiro atoms. The lowest BCUT2D eigenvalue weighted by Crippen LogP contribution is -2.39. The molecule has 10 heteroatoms. The number of hydrogen-bond donors (Lipinski definition) is 1. The van der Waals surface area contributed by atoms with Gasteiger partial charge < -0.3 is 10.1 Å². The van der Waals surface area contributed by atoms with Gasteiger partial charge in [-0.1, -0.05) is 12.1 Å². The number of halogens is 1. The molecule has 4 heterocycles. The zero-order chi connectivity index (χ0) is 23.1. The third-order valence-corrected chi connectivity index (χ3v) is 6.83. The Balaban J connectivity index is 1.05. The van der Waals surface area contributed by atoms with E-state index in [4.69, 9.17) is 4.74 Å². The summed E-state index contributed by atoms with van der Waals surface area (Å²) in [4.78, 5) is 14.4. The summed E-state index contributed by atoms with van der Waals surface area (Å²) in [6.45, 7) is 1.32. The van der Waals surface area contributed by atoms with Crippen molar-refractivity contribution >= 4 is 23.2 Å². The van der Waals surface area contributed by atoms with Crippen LogP contribution in [0.5, 0.6) is 0 Å². The number of aromatic nitrogens is 5. The fourth-order valence-electron chi connectivity index (χ4n) is 4.90. The van der Waals surface area contributed by atoms with Crippen LogP contribution < -0.4 is 10.2 Å². The van der Waals surface area contributed by atoms with Gasteiger partial charge in [-0.15, -0.1) is 10.2 Å². The van der Waals surface area contributed by atoms with Crippen LogP contribution >= 0.6 is 0 Å². The minimum absolute atomic E-state index is 0.303. The number of hydrogen-bond acceptors (Lipinski definition) is 6. The van der Waals surface area contributed by atoms with Crippen LogP contribution in [0.2, 0.25) is 0 Å². The number of nitrogens with zero attached hydrogens (tertiary/aromatic N) is 6. The Kier molecular flexibility index (Phi) is 4.93. The second kappa shape index (κ2) is 8.12. The van der Waals surface area contributed by atoms with Gasteiger partial charge in [0.25, 0.3) is 0 Å². The highest BCUT2D eigenvalue weighted by atomic mass is 19.1. The molecule has 0 bridgehead atoms. The molecule has 4 aromatic rings. The van der Waals surface area contributed by atoms with Crippen LogP contribution in [0.4, 0.5) is 20.7 Å². The molecule has 0 radical (unpaired) electrons. The van der Waals surface area contributed by atoms with Crippen molar-refractivity contribution in [1.29, 1.82) is 0 Å². The van der Waals surface area contributed by atoms with Gasteiger partial charge in [0.1, 0.15) is 29.3 Å². The van der Waals surface area contributed by atoms with Crippen LogP contribution in [0.15, 0.2) is 61.2 Å². The molecule has 174 valence electrons. The lowest BCUT2D eigenvalue weighted by Gasteiger charge is -2.35. The average Bonchev–Trinajstić information content (AvgIpc) is 3.58. The molecule has 1 saturated carbocycles. The number of benzene rings is 1. The van der Waals surface area contributed by atoms with Crippen molar-refractivity contribution < 1.29 is 13.9 Å². The van der Waals surface area contributed by atoms with Crippen molar-refractivity contribution in [3.63, 3.8) is 0 Å². The first kappa shape index (κ1) is 20.6. The van der Waals surface area contributed by atoms with Gasteiger partial charge >= 0.3 is 6.09 Å². The number of pyridine rings is 1. The summed E-state index contributed by atoms with van der Waals surface area (Å²) >= 11 is 0. The second-order valence-electron chi connectivity index (χ2n) is 9.04. The van der Waals surface area contributed by atoms with Crippen LogP contribution in [0.1, 0.15) is 25.7 Å². The van der Waals surface area contributed by atoms with E-state index in [2.05, 4.69) is 20.6 Å². The van der Waals surface area contributed by atoms with Gasteiger partial charge in [-0.2, -0.15) is 5.10 Å². The minimum Gasteiger partial charge on any atom is -0.441 e. The van der Waals surface area contributed by atoms with E-state index in [-0.39, 0.29) is 11.9 Å². The maximum absolute atomic E-state index is 14.0. The van der Waals surface area contributed by atoms with Crippen LogP contribution in [-0.4, -0.2) is 49.2 Å². The van der Waals surface area contributed by atoms with Gasteiger partial charge in [0.2, 0.25) is 0 Å². The number of rotatable bonds is 5. The molecular formula is C24H24FN7O2. The predicted octanol–water partition coefficient (Wildman–Crippen LogP) is 4.05. The molecule has 2 fully saturated rings. The fraction of sp³-hybridized carbons (Fsp3) is 0.333. The lowest BCUT2D eigenvalue weighted by atomic mass is 9.78. The molecular weight excluding hydrogens is 437 g/mol. The molecule has 6 rings (SSSR count). The maximum atomic E-state index is 14.0. The van der Waals surface area contributed by atoms with Crippen LogP contribution in [0.25, 0.3) is 11.3 Å². The number of para-hydroxylation sites is 1. The molecule has 0 atom stereocenters. The molecule has 0 unspecified atom stereocenters. The van der Waals surface area contributed by atoms with E-state index in [1.165, 1.54) is 10.7 Å². The Morgan fingerprint density at radius 3 is 2.85 bits per heavy atom. The molecule has 34 heavy (non-hydrogen) atoms. The summed E-state index contributed by atoms with van der Waals surface area (Å²) in [5, 5.41) is 15.7. The third-order valence-electron chi connectivity index (χ3n) is 6.83. The normalized spacial score (nSPS) is 22.4. The van der Waals surface area contributed by atoms with E-state index in [1.807, 2.05) is 24.4 Å². The van der Waals surface area contributed by atoms with Crippen molar-refractivity contribution in [2.75, 3.05) is 23.3 Å². The van der Waals surface area contributed by atoms with E-state index in [1.54, 1.807) is 40.0 Å².